The predicted octanol–water partition coefficient (Wildman–Crippen LogP) is 9.48. The van der Waals surface area contributed by atoms with Crippen LogP contribution in [0.2, 0.25) is 0 Å². The molecule has 2 heterocycles. The van der Waals surface area contributed by atoms with E-state index in [1.807, 2.05) is 28.8 Å². The molecule has 1 aliphatic heterocycles. The van der Waals surface area contributed by atoms with Crippen LogP contribution in [0.1, 0.15) is 0 Å². The summed E-state index contributed by atoms with van der Waals surface area (Å²) in [7, 11) is -3.69. The topological polar surface area (TPSA) is 52.0 Å². The Labute approximate surface area is 254 Å². The first kappa shape index (κ1) is 25.0. The van der Waals surface area contributed by atoms with Crippen LogP contribution in [0.25, 0.3) is 71.9 Å². The highest BCUT2D eigenvalue weighted by Crippen LogP contribution is 2.47. The van der Waals surface area contributed by atoms with E-state index in [0.717, 1.165) is 44.1 Å². The van der Waals surface area contributed by atoms with Crippen molar-refractivity contribution in [2.45, 2.75) is 9.79 Å². The summed E-state index contributed by atoms with van der Waals surface area (Å²) in [6.07, 6.45) is 0. The number of nitrogens with zero attached hydrogens (tertiary/aromatic N) is 2. The molecule has 208 valence electrons. The maximum atomic E-state index is 13.7. The monoisotopic (exact) mass is 584 g/mol. The lowest BCUT2D eigenvalue weighted by atomic mass is 9.87. The van der Waals surface area contributed by atoms with Crippen molar-refractivity contribution in [3.63, 3.8) is 0 Å². The fourth-order valence-electron chi connectivity index (χ4n) is 6.84. The van der Waals surface area contributed by atoms with Crippen LogP contribution in [-0.2, 0) is 9.84 Å². The van der Waals surface area contributed by atoms with Crippen molar-refractivity contribution in [2.24, 2.45) is 0 Å². The molecule has 0 spiro atoms. The standard InChI is InChI=1S/C39H24N2O2S/c42-44(43)34-19-9-8-18-33(34)41-38-32(17-10-20-35(38)44)40-39(41)37-30-15-6-4-13-28(30)36(29-14-5-7-16-31(29)37)27-23-21-26(22-24-27)25-11-2-1-3-12-25/h1-24H. The lowest BCUT2D eigenvalue weighted by Gasteiger charge is -2.22. The number of aromatic nitrogens is 2. The minimum atomic E-state index is -3.69. The Kier molecular flexibility index (Phi) is 5.25. The maximum absolute atomic E-state index is 13.7. The molecule has 0 saturated carbocycles. The molecular weight excluding hydrogens is 561 g/mol. The second-order valence-corrected chi connectivity index (χ2v) is 13.0. The summed E-state index contributed by atoms with van der Waals surface area (Å²) in [5.41, 5.74) is 7.54. The minimum Gasteiger partial charge on any atom is -0.290 e. The summed E-state index contributed by atoms with van der Waals surface area (Å²) >= 11 is 0. The van der Waals surface area contributed by atoms with Crippen molar-refractivity contribution in [1.29, 1.82) is 0 Å². The smallest absolute Gasteiger partial charge is 0.210 e. The molecule has 0 N–H and O–H groups in total. The van der Waals surface area contributed by atoms with E-state index in [4.69, 9.17) is 4.98 Å². The van der Waals surface area contributed by atoms with Crippen LogP contribution in [-0.4, -0.2) is 18.0 Å². The molecule has 1 aromatic heterocycles. The van der Waals surface area contributed by atoms with E-state index >= 15 is 0 Å². The lowest BCUT2D eigenvalue weighted by Crippen LogP contribution is -2.15. The van der Waals surface area contributed by atoms with E-state index in [1.54, 1.807) is 24.3 Å². The Bertz CT molecular complexity index is 2490. The first-order valence-electron chi connectivity index (χ1n) is 14.6. The maximum Gasteiger partial charge on any atom is 0.210 e. The summed E-state index contributed by atoms with van der Waals surface area (Å²) < 4.78 is 29.5. The average molecular weight is 585 g/mol. The molecule has 0 atom stereocenters. The number of para-hydroxylation sites is 2. The summed E-state index contributed by atoms with van der Waals surface area (Å²) in [6.45, 7) is 0. The van der Waals surface area contributed by atoms with Gasteiger partial charge in [-0.25, -0.2) is 13.4 Å². The van der Waals surface area contributed by atoms with Gasteiger partial charge in [0, 0.05) is 5.56 Å². The van der Waals surface area contributed by atoms with Crippen molar-refractivity contribution in [3.8, 4) is 39.3 Å². The molecule has 0 radical (unpaired) electrons. The van der Waals surface area contributed by atoms with E-state index < -0.39 is 9.84 Å². The zero-order valence-electron chi connectivity index (χ0n) is 23.5. The van der Waals surface area contributed by atoms with Gasteiger partial charge in [0.25, 0.3) is 0 Å². The third-order valence-electron chi connectivity index (χ3n) is 8.76. The van der Waals surface area contributed by atoms with Gasteiger partial charge in [0.05, 0.1) is 26.5 Å². The number of rotatable bonds is 3. The molecule has 7 aromatic carbocycles. The molecule has 1 aliphatic rings. The van der Waals surface area contributed by atoms with Crippen LogP contribution in [0, 0.1) is 0 Å². The van der Waals surface area contributed by atoms with Crippen LogP contribution in [0.5, 0.6) is 0 Å². The molecule has 0 bridgehead atoms. The van der Waals surface area contributed by atoms with Gasteiger partial charge in [-0.2, -0.15) is 0 Å². The number of hydrogen-bond donors (Lipinski definition) is 0. The second kappa shape index (κ2) is 9.24. The quantitative estimate of drug-likeness (QED) is 0.194. The third kappa shape index (κ3) is 3.44. The van der Waals surface area contributed by atoms with Crippen LogP contribution < -0.4 is 0 Å². The molecule has 4 nitrogen and oxygen atoms in total. The van der Waals surface area contributed by atoms with Gasteiger partial charge in [-0.05, 0) is 68.1 Å². The SMILES string of the molecule is O=S1(=O)c2ccccc2-n2c(-c3c4ccccc4c(-c4ccc(-c5ccccc5)cc4)c4ccccc34)nc3cccc1c32. The molecule has 0 saturated heterocycles. The first-order valence-corrected chi connectivity index (χ1v) is 16.1. The number of fused-ring (bicyclic) bond motifs is 4. The van der Waals surface area contributed by atoms with E-state index in [9.17, 15) is 8.42 Å². The molecule has 0 fully saturated rings. The van der Waals surface area contributed by atoms with E-state index in [0.29, 0.717) is 21.6 Å². The number of benzene rings is 7. The van der Waals surface area contributed by atoms with Gasteiger partial charge in [-0.15, -0.1) is 0 Å². The van der Waals surface area contributed by atoms with Crippen molar-refractivity contribution >= 4 is 42.4 Å². The highest BCUT2D eigenvalue weighted by atomic mass is 32.2. The van der Waals surface area contributed by atoms with Gasteiger partial charge in [-0.1, -0.05) is 121 Å². The average Bonchev–Trinajstić information content (AvgIpc) is 3.46. The van der Waals surface area contributed by atoms with Crippen LogP contribution in [0.15, 0.2) is 155 Å². The summed E-state index contributed by atoms with van der Waals surface area (Å²) in [6, 6.07) is 48.7. The normalized spacial score (nSPS) is 13.4. The van der Waals surface area contributed by atoms with Gasteiger partial charge in [0.2, 0.25) is 9.84 Å². The van der Waals surface area contributed by atoms with Gasteiger partial charge < -0.3 is 0 Å². The predicted molar refractivity (Wildman–Crippen MR) is 178 cm³/mol. The minimum absolute atomic E-state index is 0.288. The van der Waals surface area contributed by atoms with Crippen molar-refractivity contribution in [1.82, 2.24) is 9.55 Å². The Balaban J connectivity index is 1.38. The zero-order valence-corrected chi connectivity index (χ0v) is 24.3. The summed E-state index contributed by atoms with van der Waals surface area (Å²) in [5.74, 6) is 0.730. The molecule has 44 heavy (non-hydrogen) atoms. The largest absolute Gasteiger partial charge is 0.290 e. The van der Waals surface area contributed by atoms with Crippen LogP contribution in [0.4, 0.5) is 0 Å². The number of hydrogen-bond acceptors (Lipinski definition) is 3. The van der Waals surface area contributed by atoms with Crippen molar-refractivity contribution in [3.05, 3.63) is 146 Å². The van der Waals surface area contributed by atoms with Gasteiger partial charge in [0.15, 0.2) is 0 Å². The zero-order chi connectivity index (χ0) is 29.4. The fraction of sp³-hybridized carbons (Fsp3) is 0. The molecule has 8 aromatic rings. The molecule has 0 amide bonds. The molecule has 9 rings (SSSR count). The fourth-order valence-corrected chi connectivity index (χ4v) is 8.48. The number of imidazole rings is 1. The van der Waals surface area contributed by atoms with Crippen molar-refractivity contribution < 1.29 is 8.42 Å². The van der Waals surface area contributed by atoms with Gasteiger partial charge >= 0.3 is 0 Å². The summed E-state index contributed by atoms with van der Waals surface area (Å²) in [4.78, 5) is 5.75. The molecule has 0 aliphatic carbocycles. The first-order chi connectivity index (χ1) is 21.6. The third-order valence-corrected chi connectivity index (χ3v) is 10.6. The van der Waals surface area contributed by atoms with Gasteiger partial charge in [0.1, 0.15) is 5.82 Å². The number of sulfone groups is 1. The molecule has 5 heteroatoms. The Hall–Kier alpha value is -5.52. The van der Waals surface area contributed by atoms with Gasteiger partial charge in [-0.3, -0.25) is 4.57 Å². The van der Waals surface area contributed by atoms with Crippen molar-refractivity contribution in [2.75, 3.05) is 0 Å². The van der Waals surface area contributed by atoms with Crippen LogP contribution >= 0.6 is 0 Å². The Morgan fingerprint density at radius 3 is 1.66 bits per heavy atom. The lowest BCUT2D eigenvalue weighted by molar-refractivity contribution is 0.594. The second-order valence-electron chi connectivity index (χ2n) is 11.2. The van der Waals surface area contributed by atoms with E-state index in [1.165, 1.54) is 11.1 Å². The molecular formula is C39H24N2O2S. The highest BCUT2D eigenvalue weighted by molar-refractivity contribution is 7.92. The van der Waals surface area contributed by atoms with Crippen LogP contribution in [0.3, 0.4) is 0 Å². The molecule has 0 unspecified atom stereocenters. The van der Waals surface area contributed by atoms with E-state index in [-0.39, 0.29) is 4.90 Å². The van der Waals surface area contributed by atoms with E-state index in [2.05, 4.69) is 97.1 Å². The Morgan fingerprint density at radius 2 is 0.977 bits per heavy atom. The Morgan fingerprint density at radius 1 is 0.455 bits per heavy atom. The summed E-state index contributed by atoms with van der Waals surface area (Å²) in [5, 5.41) is 4.36. The highest BCUT2D eigenvalue weighted by Gasteiger charge is 2.34.